The van der Waals surface area contributed by atoms with Gasteiger partial charge in [-0.2, -0.15) is 0 Å². The molecule has 1 heterocycles. The van der Waals surface area contributed by atoms with Gasteiger partial charge in [-0.25, -0.2) is 4.79 Å². The highest BCUT2D eigenvalue weighted by Gasteiger charge is 2.26. The van der Waals surface area contributed by atoms with Gasteiger partial charge in [0.1, 0.15) is 18.1 Å². The fraction of sp³-hybridized carbons (Fsp3) is 0.0370. The van der Waals surface area contributed by atoms with Gasteiger partial charge in [-0.05, 0) is 40.1 Å². The van der Waals surface area contributed by atoms with Gasteiger partial charge in [0.05, 0.1) is 5.57 Å². The number of hydrogen-bond donors (Lipinski definition) is 0. The number of nitrogens with zero attached hydrogens (tertiary/aromatic N) is 1. The molecule has 4 nitrogen and oxygen atoms in total. The maximum atomic E-state index is 12.2. The van der Waals surface area contributed by atoms with Gasteiger partial charge in [0.2, 0.25) is 0 Å². The van der Waals surface area contributed by atoms with Crippen molar-refractivity contribution < 1.29 is 14.4 Å². The fourth-order valence-electron chi connectivity index (χ4n) is 3.65. The average Bonchev–Trinajstić information content (AvgIpc) is 3.18. The van der Waals surface area contributed by atoms with Crippen LogP contribution in [-0.4, -0.2) is 11.7 Å². The molecule has 31 heavy (non-hydrogen) atoms. The van der Waals surface area contributed by atoms with Gasteiger partial charge in [-0.15, -0.1) is 0 Å². The standard InChI is InChI=1S/C27H19NO3/c29-27-25(26(28-31-27)21-10-2-1-3-11-21)17-19-8-6-14-23(16-19)30-18-22-13-7-12-20-9-4-5-15-24(20)22/h1-17H,18H2/b25-17+. The number of carbonyl (C=O) groups is 1. The second kappa shape index (κ2) is 8.28. The molecule has 0 aromatic heterocycles. The van der Waals surface area contributed by atoms with Crippen LogP contribution in [0.4, 0.5) is 0 Å². The molecule has 5 rings (SSSR count). The van der Waals surface area contributed by atoms with E-state index in [4.69, 9.17) is 9.57 Å². The van der Waals surface area contributed by atoms with Crippen molar-refractivity contribution in [2.75, 3.05) is 0 Å². The van der Waals surface area contributed by atoms with E-state index < -0.39 is 5.97 Å². The van der Waals surface area contributed by atoms with Crippen LogP contribution in [0.25, 0.3) is 16.8 Å². The Morgan fingerprint density at radius 1 is 0.839 bits per heavy atom. The third-order valence-electron chi connectivity index (χ3n) is 5.19. The van der Waals surface area contributed by atoms with E-state index in [2.05, 4.69) is 29.4 Å². The molecule has 0 fully saturated rings. The second-order valence-corrected chi connectivity index (χ2v) is 7.24. The Bertz CT molecular complexity index is 1320. The van der Waals surface area contributed by atoms with E-state index in [0.29, 0.717) is 17.9 Å². The van der Waals surface area contributed by atoms with Crippen LogP contribution in [0.15, 0.2) is 108 Å². The molecule has 4 heteroatoms. The van der Waals surface area contributed by atoms with Gasteiger partial charge >= 0.3 is 5.97 Å². The van der Waals surface area contributed by atoms with Crippen LogP contribution in [-0.2, 0) is 16.2 Å². The summed E-state index contributed by atoms with van der Waals surface area (Å²) in [4.78, 5) is 17.2. The third kappa shape index (κ3) is 3.96. The van der Waals surface area contributed by atoms with Crippen molar-refractivity contribution in [2.24, 2.45) is 5.16 Å². The predicted molar refractivity (Wildman–Crippen MR) is 122 cm³/mol. The van der Waals surface area contributed by atoms with E-state index in [-0.39, 0.29) is 0 Å². The topological polar surface area (TPSA) is 47.9 Å². The lowest BCUT2D eigenvalue weighted by Crippen LogP contribution is -2.06. The van der Waals surface area contributed by atoms with Gasteiger partial charge < -0.3 is 9.57 Å². The monoisotopic (exact) mass is 405 g/mol. The first kappa shape index (κ1) is 18.8. The molecule has 0 spiro atoms. The number of ether oxygens (including phenoxy) is 1. The maximum absolute atomic E-state index is 12.2. The van der Waals surface area contributed by atoms with E-state index in [1.165, 1.54) is 10.8 Å². The fourth-order valence-corrected chi connectivity index (χ4v) is 3.65. The summed E-state index contributed by atoms with van der Waals surface area (Å²) in [5.74, 6) is 0.271. The first-order valence-electron chi connectivity index (χ1n) is 10.0. The quantitative estimate of drug-likeness (QED) is 0.313. The molecule has 0 saturated heterocycles. The molecule has 1 aliphatic rings. The summed E-state index contributed by atoms with van der Waals surface area (Å²) < 4.78 is 6.07. The largest absolute Gasteiger partial charge is 0.489 e. The summed E-state index contributed by atoms with van der Waals surface area (Å²) in [7, 11) is 0. The number of oxime groups is 1. The molecule has 150 valence electrons. The summed E-state index contributed by atoms with van der Waals surface area (Å²) in [6, 6.07) is 31.6. The van der Waals surface area contributed by atoms with Crippen molar-refractivity contribution in [3.63, 3.8) is 0 Å². The Balaban J connectivity index is 1.39. The van der Waals surface area contributed by atoms with Gasteiger partial charge in [-0.1, -0.05) is 90.1 Å². The number of hydrogen-bond acceptors (Lipinski definition) is 4. The Morgan fingerprint density at radius 2 is 1.61 bits per heavy atom. The lowest BCUT2D eigenvalue weighted by atomic mass is 10.0. The maximum Gasteiger partial charge on any atom is 0.368 e. The zero-order valence-corrected chi connectivity index (χ0v) is 16.7. The minimum Gasteiger partial charge on any atom is -0.489 e. The molecule has 4 aromatic rings. The van der Waals surface area contributed by atoms with Crippen LogP contribution in [0.2, 0.25) is 0 Å². The minimum atomic E-state index is -0.457. The Hall–Kier alpha value is -4.18. The Morgan fingerprint density at radius 3 is 2.52 bits per heavy atom. The highest BCUT2D eigenvalue weighted by atomic mass is 16.7. The lowest BCUT2D eigenvalue weighted by molar-refractivity contribution is -0.136. The van der Waals surface area contributed by atoms with Crippen LogP contribution in [0.3, 0.4) is 0 Å². The van der Waals surface area contributed by atoms with E-state index in [0.717, 1.165) is 22.4 Å². The Kier molecular flexibility index (Phi) is 5.03. The van der Waals surface area contributed by atoms with E-state index in [1.807, 2.05) is 72.8 Å². The smallest absolute Gasteiger partial charge is 0.368 e. The molecule has 0 N–H and O–H groups in total. The van der Waals surface area contributed by atoms with Crippen LogP contribution in [0, 0.1) is 0 Å². The normalized spacial score (nSPS) is 14.5. The van der Waals surface area contributed by atoms with Crippen molar-refractivity contribution in [3.8, 4) is 5.75 Å². The Labute approximate surface area is 180 Å². The second-order valence-electron chi connectivity index (χ2n) is 7.24. The molecular formula is C27H19NO3. The summed E-state index contributed by atoms with van der Waals surface area (Å²) in [6.07, 6.45) is 1.78. The van der Waals surface area contributed by atoms with Gasteiger partial charge in [-0.3, -0.25) is 0 Å². The molecule has 0 bridgehead atoms. The summed E-state index contributed by atoms with van der Waals surface area (Å²) in [5, 5.41) is 6.33. The first-order valence-corrected chi connectivity index (χ1v) is 10.0. The summed E-state index contributed by atoms with van der Waals surface area (Å²) >= 11 is 0. The molecule has 0 unspecified atom stereocenters. The van der Waals surface area contributed by atoms with Crippen LogP contribution in [0.1, 0.15) is 16.7 Å². The van der Waals surface area contributed by atoms with Crippen LogP contribution < -0.4 is 4.74 Å². The molecular weight excluding hydrogens is 386 g/mol. The van der Waals surface area contributed by atoms with Gasteiger partial charge in [0.25, 0.3) is 0 Å². The van der Waals surface area contributed by atoms with Gasteiger partial charge in [0, 0.05) is 5.56 Å². The van der Waals surface area contributed by atoms with Crippen molar-refractivity contribution in [3.05, 3.63) is 119 Å². The average molecular weight is 405 g/mol. The lowest BCUT2D eigenvalue weighted by Gasteiger charge is -2.10. The molecule has 4 aromatic carbocycles. The van der Waals surface area contributed by atoms with Crippen molar-refractivity contribution >= 4 is 28.5 Å². The molecule has 0 radical (unpaired) electrons. The first-order chi connectivity index (χ1) is 15.3. The number of benzene rings is 4. The van der Waals surface area contributed by atoms with Crippen LogP contribution >= 0.6 is 0 Å². The number of carbonyl (C=O) groups excluding carboxylic acids is 1. The van der Waals surface area contributed by atoms with E-state index in [9.17, 15) is 4.79 Å². The highest BCUT2D eigenvalue weighted by Crippen LogP contribution is 2.24. The zero-order valence-electron chi connectivity index (χ0n) is 16.7. The molecule has 0 saturated carbocycles. The SMILES string of the molecule is O=C1ON=C(c2ccccc2)/C1=C\c1cccc(OCc2cccc3ccccc23)c1. The third-order valence-corrected chi connectivity index (χ3v) is 5.19. The molecule has 0 amide bonds. The van der Waals surface area contributed by atoms with E-state index in [1.54, 1.807) is 6.08 Å². The summed E-state index contributed by atoms with van der Waals surface area (Å²) in [6.45, 7) is 0.458. The van der Waals surface area contributed by atoms with Gasteiger partial charge in [0.15, 0.2) is 0 Å². The van der Waals surface area contributed by atoms with Crippen molar-refractivity contribution in [1.82, 2.24) is 0 Å². The van der Waals surface area contributed by atoms with Crippen molar-refractivity contribution in [2.45, 2.75) is 6.61 Å². The minimum absolute atomic E-state index is 0.428. The zero-order chi connectivity index (χ0) is 21.0. The predicted octanol–water partition coefficient (Wildman–Crippen LogP) is 5.76. The number of rotatable bonds is 5. The van der Waals surface area contributed by atoms with Crippen LogP contribution in [0.5, 0.6) is 5.75 Å². The highest BCUT2D eigenvalue weighted by molar-refractivity contribution is 6.31. The number of fused-ring (bicyclic) bond motifs is 1. The van der Waals surface area contributed by atoms with E-state index >= 15 is 0 Å². The molecule has 1 aliphatic heterocycles. The van der Waals surface area contributed by atoms with Crippen molar-refractivity contribution in [1.29, 1.82) is 0 Å². The summed E-state index contributed by atoms with van der Waals surface area (Å²) in [5.41, 5.74) is 3.76. The molecule has 0 atom stereocenters. The molecule has 0 aliphatic carbocycles.